The highest BCUT2D eigenvalue weighted by molar-refractivity contribution is 7.89. The van der Waals surface area contributed by atoms with E-state index in [9.17, 15) is 8.42 Å². The highest BCUT2D eigenvalue weighted by Gasteiger charge is 2.26. The van der Waals surface area contributed by atoms with Gasteiger partial charge in [-0.2, -0.15) is 5.10 Å². The summed E-state index contributed by atoms with van der Waals surface area (Å²) in [4.78, 5) is 0.216. The number of hydrogen-bond acceptors (Lipinski definition) is 4. The molecular formula is C12H24N4O2S. The second-order valence-electron chi connectivity index (χ2n) is 5.28. The summed E-state index contributed by atoms with van der Waals surface area (Å²) in [5, 5.41) is 7.05. The maximum absolute atomic E-state index is 12.2. The minimum absolute atomic E-state index is 0.216. The molecule has 0 aliphatic rings. The van der Waals surface area contributed by atoms with Crippen molar-refractivity contribution in [1.29, 1.82) is 0 Å². The Labute approximate surface area is 115 Å². The first kappa shape index (κ1) is 16.1. The van der Waals surface area contributed by atoms with Gasteiger partial charge in [0.1, 0.15) is 4.90 Å². The smallest absolute Gasteiger partial charge is 0.244 e. The van der Waals surface area contributed by atoms with E-state index >= 15 is 0 Å². The summed E-state index contributed by atoms with van der Waals surface area (Å²) in [7, 11) is -1.65. The third-order valence-corrected chi connectivity index (χ3v) is 4.45. The van der Waals surface area contributed by atoms with Crippen molar-refractivity contribution >= 4 is 10.0 Å². The molecule has 0 aliphatic carbocycles. The fourth-order valence-corrected chi connectivity index (χ4v) is 3.32. The molecule has 0 aromatic carbocycles. The lowest BCUT2D eigenvalue weighted by molar-refractivity contribution is 0.417. The van der Waals surface area contributed by atoms with Crippen LogP contribution >= 0.6 is 0 Å². The van der Waals surface area contributed by atoms with E-state index in [0.29, 0.717) is 6.54 Å². The molecule has 0 aliphatic heterocycles. The van der Waals surface area contributed by atoms with Crippen LogP contribution in [0.15, 0.2) is 17.3 Å². The number of sulfonamides is 1. The lowest BCUT2D eigenvalue weighted by atomic mass is 10.0. The van der Waals surface area contributed by atoms with Crippen LogP contribution in [0.3, 0.4) is 0 Å². The molecule has 0 spiro atoms. The van der Waals surface area contributed by atoms with Crippen molar-refractivity contribution in [3.8, 4) is 0 Å². The quantitative estimate of drug-likeness (QED) is 0.747. The standard InChI is InChI=1S/C12H24N4O2S/c1-5-6-12(2,3)15-19(17,18)11-9-14-16(10-11)8-7-13-4/h9-10,13,15H,5-8H2,1-4H3. The molecule has 1 rings (SSSR count). The summed E-state index contributed by atoms with van der Waals surface area (Å²) >= 11 is 0. The van der Waals surface area contributed by atoms with Crippen LogP contribution in [0, 0.1) is 0 Å². The second-order valence-corrected chi connectivity index (χ2v) is 6.96. The van der Waals surface area contributed by atoms with Gasteiger partial charge in [-0.25, -0.2) is 13.1 Å². The number of hydrogen-bond donors (Lipinski definition) is 2. The van der Waals surface area contributed by atoms with E-state index in [-0.39, 0.29) is 4.90 Å². The lowest BCUT2D eigenvalue weighted by Gasteiger charge is -2.24. The van der Waals surface area contributed by atoms with Gasteiger partial charge in [-0.05, 0) is 27.3 Å². The molecule has 1 aromatic rings. The van der Waals surface area contributed by atoms with Crippen molar-refractivity contribution < 1.29 is 8.42 Å². The Hall–Kier alpha value is -0.920. The molecule has 7 heteroatoms. The maximum atomic E-state index is 12.2. The zero-order valence-electron chi connectivity index (χ0n) is 12.1. The van der Waals surface area contributed by atoms with Gasteiger partial charge in [0.25, 0.3) is 0 Å². The summed E-state index contributed by atoms with van der Waals surface area (Å²) in [6.45, 7) is 7.20. The second kappa shape index (κ2) is 6.49. The fraction of sp³-hybridized carbons (Fsp3) is 0.750. The molecule has 6 nitrogen and oxygen atoms in total. The monoisotopic (exact) mass is 288 g/mol. The Balaban J connectivity index is 2.80. The van der Waals surface area contributed by atoms with E-state index in [4.69, 9.17) is 0 Å². The van der Waals surface area contributed by atoms with Crippen LogP contribution in [-0.4, -0.2) is 37.3 Å². The molecule has 0 saturated carbocycles. The van der Waals surface area contributed by atoms with Crippen molar-refractivity contribution in [2.45, 2.75) is 50.6 Å². The summed E-state index contributed by atoms with van der Waals surface area (Å²) < 4.78 is 28.8. The highest BCUT2D eigenvalue weighted by atomic mass is 32.2. The van der Waals surface area contributed by atoms with Crippen LogP contribution < -0.4 is 10.0 Å². The van der Waals surface area contributed by atoms with Crippen molar-refractivity contribution in [2.75, 3.05) is 13.6 Å². The van der Waals surface area contributed by atoms with Gasteiger partial charge >= 0.3 is 0 Å². The van der Waals surface area contributed by atoms with Crippen LogP contribution in [0.5, 0.6) is 0 Å². The third kappa shape index (κ3) is 4.93. The van der Waals surface area contributed by atoms with Gasteiger partial charge in [0.15, 0.2) is 0 Å². The van der Waals surface area contributed by atoms with Crippen LogP contribution in [0.2, 0.25) is 0 Å². The molecule has 1 aromatic heterocycles. The molecule has 0 saturated heterocycles. The topological polar surface area (TPSA) is 76.0 Å². The minimum atomic E-state index is -3.50. The van der Waals surface area contributed by atoms with Gasteiger partial charge in [0, 0.05) is 18.3 Å². The molecule has 110 valence electrons. The summed E-state index contributed by atoms with van der Waals surface area (Å²) in [5.41, 5.74) is -0.444. The Morgan fingerprint density at radius 3 is 2.68 bits per heavy atom. The van der Waals surface area contributed by atoms with Gasteiger partial charge in [-0.3, -0.25) is 4.68 Å². The van der Waals surface area contributed by atoms with E-state index in [1.54, 1.807) is 10.9 Å². The van der Waals surface area contributed by atoms with E-state index in [1.807, 2.05) is 27.8 Å². The average Bonchev–Trinajstić information content (AvgIpc) is 2.73. The van der Waals surface area contributed by atoms with E-state index in [2.05, 4.69) is 15.1 Å². The zero-order chi connectivity index (χ0) is 14.5. The van der Waals surface area contributed by atoms with Crippen molar-refractivity contribution in [3.63, 3.8) is 0 Å². The maximum Gasteiger partial charge on any atom is 0.244 e. The third-order valence-electron chi connectivity index (χ3n) is 2.80. The Bertz CT molecular complexity index is 494. The predicted molar refractivity (Wildman–Crippen MR) is 75.5 cm³/mol. The Kier molecular flexibility index (Phi) is 5.51. The SMILES string of the molecule is CCCC(C)(C)NS(=O)(=O)c1cnn(CCNC)c1. The lowest BCUT2D eigenvalue weighted by Crippen LogP contribution is -2.43. The number of nitrogens with zero attached hydrogens (tertiary/aromatic N) is 2. The van der Waals surface area contributed by atoms with Gasteiger partial charge < -0.3 is 5.32 Å². The van der Waals surface area contributed by atoms with Crippen molar-refractivity contribution in [1.82, 2.24) is 19.8 Å². The van der Waals surface area contributed by atoms with Gasteiger partial charge in [-0.15, -0.1) is 0 Å². The first-order chi connectivity index (χ1) is 8.80. The van der Waals surface area contributed by atoms with Crippen LogP contribution in [0.25, 0.3) is 0 Å². The normalized spacial score (nSPS) is 12.8. The largest absolute Gasteiger partial charge is 0.318 e. The van der Waals surface area contributed by atoms with E-state index in [0.717, 1.165) is 19.4 Å². The predicted octanol–water partition coefficient (Wildman–Crippen LogP) is 0.960. The van der Waals surface area contributed by atoms with Crippen LogP contribution in [0.4, 0.5) is 0 Å². The summed E-state index contributed by atoms with van der Waals surface area (Å²) in [6.07, 6.45) is 4.67. The van der Waals surface area contributed by atoms with E-state index < -0.39 is 15.6 Å². The molecule has 0 bridgehead atoms. The Morgan fingerprint density at radius 1 is 1.42 bits per heavy atom. The number of aromatic nitrogens is 2. The highest BCUT2D eigenvalue weighted by Crippen LogP contribution is 2.16. The molecule has 0 unspecified atom stereocenters. The van der Waals surface area contributed by atoms with Gasteiger partial charge in [0.2, 0.25) is 10.0 Å². The summed E-state index contributed by atoms with van der Waals surface area (Å²) in [6, 6.07) is 0. The molecule has 19 heavy (non-hydrogen) atoms. The fourth-order valence-electron chi connectivity index (χ4n) is 1.93. The number of rotatable bonds is 8. The zero-order valence-corrected chi connectivity index (χ0v) is 12.9. The number of nitrogens with one attached hydrogen (secondary N) is 2. The van der Waals surface area contributed by atoms with Crippen LogP contribution in [0.1, 0.15) is 33.6 Å². The van der Waals surface area contributed by atoms with E-state index in [1.165, 1.54) is 6.20 Å². The molecule has 0 amide bonds. The molecule has 1 heterocycles. The van der Waals surface area contributed by atoms with Gasteiger partial charge in [0.05, 0.1) is 12.7 Å². The first-order valence-corrected chi connectivity index (χ1v) is 8.00. The van der Waals surface area contributed by atoms with Crippen molar-refractivity contribution in [3.05, 3.63) is 12.4 Å². The Morgan fingerprint density at radius 2 is 2.11 bits per heavy atom. The summed E-state index contributed by atoms with van der Waals surface area (Å²) in [5.74, 6) is 0. The number of likely N-dealkylation sites (N-methyl/N-ethyl adjacent to an activating group) is 1. The minimum Gasteiger partial charge on any atom is -0.318 e. The average molecular weight is 288 g/mol. The van der Waals surface area contributed by atoms with Gasteiger partial charge in [-0.1, -0.05) is 13.3 Å². The van der Waals surface area contributed by atoms with Crippen molar-refractivity contribution in [2.24, 2.45) is 0 Å². The molecule has 0 radical (unpaired) electrons. The van der Waals surface area contributed by atoms with Crippen LogP contribution in [-0.2, 0) is 16.6 Å². The molecular weight excluding hydrogens is 264 g/mol. The molecule has 0 fully saturated rings. The first-order valence-electron chi connectivity index (χ1n) is 6.52. The molecule has 2 N–H and O–H groups in total. The molecule has 0 atom stereocenters.